The lowest BCUT2D eigenvalue weighted by Crippen LogP contribution is -2.44. The van der Waals surface area contributed by atoms with Crippen molar-refractivity contribution >= 4 is 16.9 Å². The third kappa shape index (κ3) is 4.85. The van der Waals surface area contributed by atoms with E-state index in [0.29, 0.717) is 32.0 Å². The summed E-state index contributed by atoms with van der Waals surface area (Å²) in [6, 6.07) is 9.83. The number of nitrogens with zero attached hydrogens (tertiary/aromatic N) is 3. The Balaban J connectivity index is 1.56. The molecule has 0 aliphatic carbocycles. The van der Waals surface area contributed by atoms with Crippen LogP contribution in [0.1, 0.15) is 12.0 Å². The summed E-state index contributed by atoms with van der Waals surface area (Å²) in [5, 5.41) is 7.50. The van der Waals surface area contributed by atoms with Gasteiger partial charge in [-0.1, -0.05) is 24.3 Å². The number of nitrogens with one attached hydrogen (secondary N) is 2. The molecule has 1 aliphatic rings. The second-order valence-electron chi connectivity index (χ2n) is 6.40. The smallest absolute Gasteiger partial charge is 0.352 e. The number of halogens is 3. The third-order valence-corrected chi connectivity index (χ3v) is 4.40. The van der Waals surface area contributed by atoms with Crippen LogP contribution in [0, 0.1) is 0 Å². The maximum atomic E-state index is 12.5. The molecule has 1 fully saturated rings. The van der Waals surface area contributed by atoms with Crippen LogP contribution >= 0.6 is 0 Å². The lowest BCUT2D eigenvalue weighted by molar-refractivity contribution is -0.143. The van der Waals surface area contributed by atoms with Crippen molar-refractivity contribution in [1.29, 1.82) is 0 Å². The Bertz CT molecular complexity index is 770. The maximum Gasteiger partial charge on any atom is 0.401 e. The second-order valence-corrected chi connectivity index (χ2v) is 6.40. The quantitative estimate of drug-likeness (QED) is 0.646. The predicted molar refractivity (Wildman–Crippen MR) is 96.0 cm³/mol. The topological polar surface area (TPSA) is 52.6 Å². The summed E-state index contributed by atoms with van der Waals surface area (Å²) in [7, 11) is 1.65. The van der Waals surface area contributed by atoms with E-state index in [1.54, 1.807) is 13.2 Å². The van der Waals surface area contributed by atoms with Gasteiger partial charge >= 0.3 is 6.18 Å². The number of aromatic nitrogens is 1. The van der Waals surface area contributed by atoms with Gasteiger partial charge in [0.1, 0.15) is 0 Å². The highest BCUT2D eigenvalue weighted by Crippen LogP contribution is 2.20. The molecule has 3 rings (SSSR count). The third-order valence-electron chi connectivity index (χ3n) is 4.40. The van der Waals surface area contributed by atoms with Gasteiger partial charge in [-0.3, -0.25) is 14.9 Å². The lowest BCUT2D eigenvalue weighted by Gasteiger charge is -2.20. The fourth-order valence-corrected chi connectivity index (χ4v) is 3.22. The number of rotatable bonds is 4. The zero-order chi connectivity index (χ0) is 18.6. The number of pyridine rings is 1. The maximum absolute atomic E-state index is 12.5. The molecule has 0 saturated carbocycles. The van der Waals surface area contributed by atoms with Gasteiger partial charge in [-0.15, -0.1) is 0 Å². The van der Waals surface area contributed by atoms with Gasteiger partial charge in [0, 0.05) is 44.3 Å². The average molecular weight is 365 g/mol. The van der Waals surface area contributed by atoms with Crippen LogP contribution in [-0.2, 0) is 6.54 Å². The molecule has 1 aromatic heterocycles. The highest BCUT2D eigenvalue weighted by Gasteiger charge is 2.34. The minimum Gasteiger partial charge on any atom is -0.352 e. The molecule has 1 atom stereocenters. The molecule has 0 spiro atoms. The summed E-state index contributed by atoms with van der Waals surface area (Å²) in [6.45, 7) is 0.462. The summed E-state index contributed by atoms with van der Waals surface area (Å²) in [6.07, 6.45) is -1.74. The minimum absolute atomic E-state index is 0.0470. The van der Waals surface area contributed by atoms with E-state index in [9.17, 15) is 13.2 Å². The van der Waals surface area contributed by atoms with Crippen LogP contribution in [0.15, 0.2) is 41.5 Å². The van der Waals surface area contributed by atoms with Crippen molar-refractivity contribution in [3.05, 3.63) is 42.1 Å². The number of guanidine groups is 1. The Labute approximate surface area is 150 Å². The van der Waals surface area contributed by atoms with E-state index in [1.807, 2.05) is 30.3 Å². The largest absolute Gasteiger partial charge is 0.401 e. The van der Waals surface area contributed by atoms with Crippen molar-refractivity contribution in [1.82, 2.24) is 20.5 Å². The molecule has 5 nitrogen and oxygen atoms in total. The first-order valence-corrected chi connectivity index (χ1v) is 8.53. The first-order valence-electron chi connectivity index (χ1n) is 8.53. The van der Waals surface area contributed by atoms with Crippen LogP contribution < -0.4 is 10.6 Å². The Morgan fingerprint density at radius 2 is 2.12 bits per heavy atom. The van der Waals surface area contributed by atoms with Crippen molar-refractivity contribution in [2.45, 2.75) is 25.2 Å². The molecule has 2 aromatic rings. The molecule has 1 saturated heterocycles. The van der Waals surface area contributed by atoms with Crippen LogP contribution in [0.4, 0.5) is 13.2 Å². The van der Waals surface area contributed by atoms with Gasteiger partial charge < -0.3 is 10.6 Å². The fourth-order valence-electron chi connectivity index (χ4n) is 3.22. The van der Waals surface area contributed by atoms with Crippen molar-refractivity contribution in [3.8, 4) is 0 Å². The van der Waals surface area contributed by atoms with Gasteiger partial charge in [0.05, 0.1) is 12.1 Å². The highest BCUT2D eigenvalue weighted by molar-refractivity contribution is 5.83. The van der Waals surface area contributed by atoms with Gasteiger partial charge in [0.15, 0.2) is 5.96 Å². The van der Waals surface area contributed by atoms with E-state index in [2.05, 4.69) is 20.6 Å². The van der Waals surface area contributed by atoms with Crippen molar-refractivity contribution in [2.24, 2.45) is 4.99 Å². The molecule has 140 valence electrons. The Morgan fingerprint density at radius 3 is 2.88 bits per heavy atom. The number of alkyl halides is 3. The summed E-state index contributed by atoms with van der Waals surface area (Å²) in [4.78, 5) is 10.0. The fraction of sp³-hybridized carbons (Fsp3) is 0.444. The number of para-hydroxylation sites is 1. The van der Waals surface area contributed by atoms with Crippen LogP contribution in [0.2, 0.25) is 0 Å². The summed E-state index contributed by atoms with van der Waals surface area (Å²) in [5.41, 5.74) is 1.96. The molecular weight excluding hydrogens is 343 g/mol. The number of aliphatic imine (C=N–C) groups is 1. The minimum atomic E-state index is -4.16. The van der Waals surface area contributed by atoms with Crippen LogP contribution in [0.5, 0.6) is 0 Å². The molecule has 2 heterocycles. The van der Waals surface area contributed by atoms with E-state index >= 15 is 0 Å². The molecule has 0 amide bonds. The first-order chi connectivity index (χ1) is 12.4. The van der Waals surface area contributed by atoms with Crippen LogP contribution in [0.25, 0.3) is 10.9 Å². The molecular formula is C18H22F3N5. The first kappa shape index (κ1) is 18.4. The summed E-state index contributed by atoms with van der Waals surface area (Å²) < 4.78 is 37.5. The summed E-state index contributed by atoms with van der Waals surface area (Å²) in [5.74, 6) is 0.580. The van der Waals surface area contributed by atoms with E-state index in [-0.39, 0.29) is 6.04 Å². The molecule has 1 aromatic carbocycles. The normalized spacial score (nSPS) is 19.1. The van der Waals surface area contributed by atoms with E-state index in [4.69, 9.17) is 0 Å². The van der Waals surface area contributed by atoms with Crippen molar-refractivity contribution in [3.63, 3.8) is 0 Å². The predicted octanol–water partition coefficient (Wildman–Crippen LogP) is 2.54. The number of fused-ring (bicyclic) bond motifs is 1. The molecule has 8 heteroatoms. The molecule has 1 aliphatic heterocycles. The van der Waals surface area contributed by atoms with Crippen LogP contribution in [0.3, 0.4) is 0 Å². The number of hydrogen-bond donors (Lipinski definition) is 2. The van der Waals surface area contributed by atoms with E-state index < -0.39 is 12.7 Å². The lowest BCUT2D eigenvalue weighted by atomic mass is 10.1. The summed E-state index contributed by atoms with van der Waals surface area (Å²) >= 11 is 0. The van der Waals surface area contributed by atoms with Gasteiger partial charge in [-0.05, 0) is 18.1 Å². The van der Waals surface area contributed by atoms with Gasteiger partial charge in [0.2, 0.25) is 0 Å². The van der Waals surface area contributed by atoms with E-state index in [0.717, 1.165) is 16.5 Å². The van der Waals surface area contributed by atoms with Gasteiger partial charge in [0.25, 0.3) is 0 Å². The number of benzene rings is 1. The highest BCUT2D eigenvalue weighted by atomic mass is 19.4. The SMILES string of the molecule is CN=C(NCc1cccc2cccnc12)NC1CCN(CC(F)(F)F)C1. The second kappa shape index (κ2) is 7.90. The molecule has 26 heavy (non-hydrogen) atoms. The van der Waals surface area contributed by atoms with Crippen molar-refractivity contribution in [2.75, 3.05) is 26.7 Å². The molecule has 1 unspecified atom stereocenters. The van der Waals surface area contributed by atoms with E-state index in [1.165, 1.54) is 4.90 Å². The van der Waals surface area contributed by atoms with Gasteiger partial charge in [-0.2, -0.15) is 13.2 Å². The Kier molecular flexibility index (Phi) is 5.61. The molecule has 2 N–H and O–H groups in total. The van der Waals surface area contributed by atoms with Crippen LogP contribution in [-0.4, -0.2) is 54.7 Å². The van der Waals surface area contributed by atoms with Crippen molar-refractivity contribution < 1.29 is 13.2 Å². The monoisotopic (exact) mass is 365 g/mol. The van der Waals surface area contributed by atoms with Gasteiger partial charge in [-0.25, -0.2) is 0 Å². The zero-order valence-electron chi connectivity index (χ0n) is 14.6. The number of likely N-dealkylation sites (tertiary alicyclic amines) is 1. The Morgan fingerprint density at radius 1 is 1.31 bits per heavy atom. The molecule has 0 bridgehead atoms. The standard InChI is InChI=1S/C18H22F3N5/c1-22-17(25-15-7-9-26(11-15)12-18(19,20)21)24-10-14-5-2-4-13-6-3-8-23-16(13)14/h2-6,8,15H,7,9-12H2,1H3,(H2,22,24,25). The number of hydrogen-bond acceptors (Lipinski definition) is 3. The Hall–Kier alpha value is -2.35. The average Bonchev–Trinajstić information content (AvgIpc) is 3.03. The zero-order valence-corrected chi connectivity index (χ0v) is 14.6. The molecule has 0 radical (unpaired) electrons.